The van der Waals surface area contributed by atoms with E-state index in [0.717, 1.165) is 17.7 Å². The fraction of sp³-hybridized carbons (Fsp3) is 0.296. The third-order valence-electron chi connectivity index (χ3n) is 7.24. The topological polar surface area (TPSA) is 138 Å². The molecular weight excluding hydrogens is 546 g/mol. The number of nitrogens with zero attached hydrogens (tertiary/aromatic N) is 2. The molecule has 2 aliphatic heterocycles. The molecule has 0 aliphatic carbocycles. The number of likely N-dealkylation sites (N-methyl/N-ethyl adjacent to an activating group) is 1. The van der Waals surface area contributed by atoms with E-state index < -0.39 is 68.8 Å². The average Bonchev–Trinajstić information content (AvgIpc) is 3.24. The Balaban J connectivity index is 1.60. The number of carbonyl (C=O) groups is 2. The molecule has 2 aliphatic rings. The quantitative estimate of drug-likeness (QED) is 0.398. The Morgan fingerprint density at radius 1 is 1.12 bits per heavy atom. The zero-order valence-electron chi connectivity index (χ0n) is 21.6. The third kappa shape index (κ3) is 4.64. The van der Waals surface area contributed by atoms with Crippen LogP contribution in [0, 0.1) is 18.6 Å². The number of carbonyl (C=O) groups excluding carboxylic acids is 2. The standard InChI is InChI=1S/C27H26F2N4O6S/c1-3-32-13-17-11-20(31-40(38,39)18-8-4-14(2)5-9-18)22-21(24(34)25(35)23(27(32)37)33(17)22)26(36)30-12-15-6-7-16(28)10-19(15)29/h4-10,17,20,31,35H,3,11-13H2,1-2H3,(H,30,36)/t17-,20-/m1/s1. The minimum Gasteiger partial charge on any atom is -0.503 e. The van der Waals surface area contributed by atoms with E-state index in [9.17, 15) is 36.7 Å². The van der Waals surface area contributed by atoms with Gasteiger partial charge in [0, 0.05) is 31.3 Å². The maximum absolute atomic E-state index is 14.2. The lowest BCUT2D eigenvalue weighted by atomic mass is 10.0. The zero-order chi connectivity index (χ0) is 28.9. The van der Waals surface area contributed by atoms with E-state index in [2.05, 4.69) is 10.0 Å². The molecule has 10 nitrogen and oxygen atoms in total. The number of aromatic hydroxyl groups is 1. The maximum Gasteiger partial charge on any atom is 0.274 e. The van der Waals surface area contributed by atoms with Gasteiger partial charge in [0.1, 0.15) is 17.2 Å². The van der Waals surface area contributed by atoms with Crippen LogP contribution in [0.15, 0.2) is 52.2 Å². The van der Waals surface area contributed by atoms with Gasteiger partial charge in [0.15, 0.2) is 11.4 Å². The number of rotatable bonds is 7. The van der Waals surface area contributed by atoms with Crippen LogP contribution in [0.3, 0.4) is 0 Å². The van der Waals surface area contributed by atoms with Crippen molar-refractivity contribution >= 4 is 21.8 Å². The molecule has 210 valence electrons. The van der Waals surface area contributed by atoms with Gasteiger partial charge in [-0.15, -0.1) is 0 Å². The van der Waals surface area contributed by atoms with E-state index >= 15 is 0 Å². The van der Waals surface area contributed by atoms with Crippen LogP contribution in [0.25, 0.3) is 0 Å². The number of benzene rings is 2. The Hall–Kier alpha value is -4.10. The SMILES string of the molecule is CCN1C[C@H]2C[C@@H](NS(=O)(=O)c3ccc(C)cc3)c3c(C(=O)NCc4ccc(F)cc4F)c(=O)c(O)c(n32)C1=O. The van der Waals surface area contributed by atoms with Crippen molar-refractivity contribution in [2.45, 2.75) is 43.8 Å². The first-order chi connectivity index (χ1) is 18.9. The summed E-state index contributed by atoms with van der Waals surface area (Å²) in [6, 6.07) is 7.24. The molecule has 0 saturated carbocycles. The van der Waals surface area contributed by atoms with E-state index in [1.807, 2.05) is 0 Å². The Bertz CT molecular complexity index is 1710. The summed E-state index contributed by atoms with van der Waals surface area (Å²) in [5, 5.41) is 13.2. The summed E-state index contributed by atoms with van der Waals surface area (Å²) < 4.78 is 58.0. The number of hydrogen-bond donors (Lipinski definition) is 3. The lowest BCUT2D eigenvalue weighted by molar-refractivity contribution is 0.0675. The van der Waals surface area contributed by atoms with Crippen LogP contribution >= 0.6 is 0 Å². The predicted octanol–water partition coefficient (Wildman–Crippen LogP) is 2.51. The lowest BCUT2D eigenvalue weighted by Crippen LogP contribution is -2.44. The highest BCUT2D eigenvalue weighted by molar-refractivity contribution is 7.89. The van der Waals surface area contributed by atoms with Crippen molar-refractivity contribution in [1.82, 2.24) is 19.5 Å². The number of amides is 2. The van der Waals surface area contributed by atoms with Crippen LogP contribution in [0.2, 0.25) is 0 Å². The highest BCUT2D eigenvalue weighted by Crippen LogP contribution is 2.42. The van der Waals surface area contributed by atoms with E-state index in [1.54, 1.807) is 26.0 Å². The van der Waals surface area contributed by atoms with Gasteiger partial charge in [0.25, 0.3) is 11.8 Å². The lowest BCUT2D eigenvalue weighted by Gasteiger charge is -2.33. The van der Waals surface area contributed by atoms with Crippen molar-refractivity contribution in [2.75, 3.05) is 13.1 Å². The monoisotopic (exact) mass is 572 g/mol. The predicted molar refractivity (Wildman–Crippen MR) is 139 cm³/mol. The van der Waals surface area contributed by atoms with Crippen LogP contribution in [0.4, 0.5) is 8.78 Å². The van der Waals surface area contributed by atoms with Gasteiger partial charge in [-0.25, -0.2) is 21.9 Å². The van der Waals surface area contributed by atoms with Gasteiger partial charge in [0.05, 0.1) is 22.7 Å². The molecule has 40 heavy (non-hydrogen) atoms. The largest absolute Gasteiger partial charge is 0.503 e. The Kier molecular flexibility index (Phi) is 6.96. The molecule has 0 fully saturated rings. The summed E-state index contributed by atoms with van der Waals surface area (Å²) in [5.41, 5.74) is -1.34. The normalized spacial score (nSPS) is 18.1. The molecule has 3 N–H and O–H groups in total. The molecule has 0 radical (unpaired) electrons. The van der Waals surface area contributed by atoms with Crippen molar-refractivity contribution in [2.24, 2.45) is 0 Å². The van der Waals surface area contributed by atoms with Crippen LogP contribution < -0.4 is 15.5 Å². The van der Waals surface area contributed by atoms with Crippen LogP contribution in [0.5, 0.6) is 5.75 Å². The number of nitrogens with one attached hydrogen (secondary N) is 2. The fourth-order valence-electron chi connectivity index (χ4n) is 5.25. The van der Waals surface area contributed by atoms with Gasteiger partial charge in [-0.05, 0) is 38.5 Å². The molecule has 2 aromatic carbocycles. The zero-order valence-corrected chi connectivity index (χ0v) is 22.4. The molecule has 0 unspecified atom stereocenters. The van der Waals surface area contributed by atoms with Crippen molar-refractivity contribution < 1.29 is 31.9 Å². The Morgan fingerprint density at radius 2 is 1.82 bits per heavy atom. The van der Waals surface area contributed by atoms with E-state index in [-0.39, 0.29) is 41.4 Å². The minimum atomic E-state index is -4.13. The number of aryl methyl sites for hydroxylation is 1. The second-order valence-electron chi connectivity index (χ2n) is 9.80. The Labute approximate surface area is 228 Å². The van der Waals surface area contributed by atoms with Crippen molar-refractivity contribution in [1.29, 1.82) is 0 Å². The first-order valence-electron chi connectivity index (χ1n) is 12.5. The molecule has 0 spiro atoms. The van der Waals surface area contributed by atoms with E-state index in [1.165, 1.54) is 21.6 Å². The van der Waals surface area contributed by atoms with Gasteiger partial charge in [-0.1, -0.05) is 23.8 Å². The molecular formula is C27H26F2N4O6S. The highest BCUT2D eigenvalue weighted by atomic mass is 32.2. The molecule has 3 aromatic rings. The van der Waals surface area contributed by atoms with E-state index in [0.29, 0.717) is 6.07 Å². The van der Waals surface area contributed by atoms with Gasteiger partial charge in [-0.2, -0.15) is 0 Å². The molecule has 3 heterocycles. The molecule has 0 saturated heterocycles. The summed E-state index contributed by atoms with van der Waals surface area (Å²) >= 11 is 0. The smallest absolute Gasteiger partial charge is 0.274 e. The minimum absolute atomic E-state index is 0.0339. The molecule has 0 bridgehead atoms. The molecule has 13 heteroatoms. The number of aromatic nitrogens is 1. The summed E-state index contributed by atoms with van der Waals surface area (Å²) in [5.74, 6) is -4.29. The average molecular weight is 573 g/mol. The van der Waals surface area contributed by atoms with Gasteiger partial charge in [-0.3, -0.25) is 14.4 Å². The van der Waals surface area contributed by atoms with Crippen molar-refractivity contribution in [3.05, 3.63) is 92.4 Å². The van der Waals surface area contributed by atoms with Crippen LogP contribution in [-0.2, 0) is 16.6 Å². The summed E-state index contributed by atoms with van der Waals surface area (Å²) in [7, 11) is -4.13. The number of sulfonamides is 1. The van der Waals surface area contributed by atoms with Gasteiger partial charge < -0.3 is 19.9 Å². The van der Waals surface area contributed by atoms with Gasteiger partial charge >= 0.3 is 0 Å². The maximum atomic E-state index is 14.2. The second-order valence-corrected chi connectivity index (χ2v) is 11.5. The summed E-state index contributed by atoms with van der Waals surface area (Å²) in [4.78, 5) is 41.3. The summed E-state index contributed by atoms with van der Waals surface area (Å²) in [6.07, 6.45) is 0.0949. The third-order valence-corrected chi connectivity index (χ3v) is 8.73. The molecule has 2 atom stereocenters. The number of hydrogen-bond acceptors (Lipinski definition) is 6. The highest BCUT2D eigenvalue weighted by Gasteiger charge is 2.46. The first-order valence-corrected chi connectivity index (χ1v) is 14.0. The number of pyridine rings is 1. The first kappa shape index (κ1) is 27.5. The van der Waals surface area contributed by atoms with Crippen LogP contribution in [-0.4, -0.2) is 47.9 Å². The molecule has 2 amide bonds. The van der Waals surface area contributed by atoms with Crippen molar-refractivity contribution in [3.8, 4) is 5.75 Å². The Morgan fingerprint density at radius 3 is 2.48 bits per heavy atom. The second kappa shape index (κ2) is 10.1. The van der Waals surface area contributed by atoms with Crippen molar-refractivity contribution in [3.63, 3.8) is 0 Å². The van der Waals surface area contributed by atoms with E-state index in [4.69, 9.17) is 0 Å². The van der Waals surface area contributed by atoms with Crippen LogP contribution in [0.1, 0.15) is 63.1 Å². The molecule has 1 aromatic heterocycles. The molecule has 5 rings (SSSR count). The fourth-order valence-corrected chi connectivity index (χ4v) is 6.47. The summed E-state index contributed by atoms with van der Waals surface area (Å²) in [6.45, 7) is 3.56. The number of halogens is 2. The van der Waals surface area contributed by atoms with Gasteiger partial charge in [0.2, 0.25) is 15.5 Å².